The van der Waals surface area contributed by atoms with Crippen molar-refractivity contribution in [1.82, 2.24) is 10.2 Å². The first-order valence-corrected chi connectivity index (χ1v) is 9.39. The highest BCUT2D eigenvalue weighted by Gasteiger charge is 2.49. The van der Waals surface area contributed by atoms with Crippen molar-refractivity contribution in [1.29, 1.82) is 0 Å². The van der Waals surface area contributed by atoms with Crippen molar-refractivity contribution in [3.05, 3.63) is 65.2 Å². The van der Waals surface area contributed by atoms with Crippen molar-refractivity contribution in [3.63, 3.8) is 0 Å². The normalized spacial score (nSPS) is 19.1. The van der Waals surface area contributed by atoms with Crippen molar-refractivity contribution in [2.24, 2.45) is 0 Å². The molecule has 0 bridgehead atoms. The van der Waals surface area contributed by atoms with Gasteiger partial charge in [0, 0.05) is 16.8 Å². The lowest BCUT2D eigenvalue weighted by Crippen LogP contribution is -2.46. The van der Waals surface area contributed by atoms with E-state index >= 15 is 0 Å². The maximum atomic E-state index is 13.0. The number of hydrogen-bond donors (Lipinski definition) is 1. The van der Waals surface area contributed by atoms with Gasteiger partial charge in [-0.25, -0.2) is 4.79 Å². The Labute approximate surface area is 169 Å². The first-order chi connectivity index (χ1) is 13.2. The van der Waals surface area contributed by atoms with Gasteiger partial charge in [0.25, 0.3) is 5.91 Å². The number of carbonyl (C=O) groups is 3. The van der Waals surface area contributed by atoms with E-state index in [1.807, 2.05) is 44.2 Å². The molecule has 28 heavy (non-hydrogen) atoms. The van der Waals surface area contributed by atoms with Crippen LogP contribution in [-0.4, -0.2) is 35.3 Å². The Balaban J connectivity index is 1.85. The van der Waals surface area contributed by atoms with E-state index in [9.17, 15) is 14.4 Å². The zero-order valence-corrected chi connectivity index (χ0v) is 16.7. The van der Waals surface area contributed by atoms with E-state index in [4.69, 9.17) is 11.6 Å². The second kappa shape index (κ2) is 7.64. The number of amides is 4. The van der Waals surface area contributed by atoms with Crippen LogP contribution in [-0.2, 0) is 15.1 Å². The van der Waals surface area contributed by atoms with Crippen LogP contribution in [0.2, 0.25) is 5.02 Å². The number of carbonyl (C=O) groups excluding carboxylic acids is 3. The third-order valence-corrected chi connectivity index (χ3v) is 5.02. The second-order valence-corrected chi connectivity index (χ2v) is 7.59. The first-order valence-electron chi connectivity index (χ1n) is 9.01. The fraction of sp³-hybridized carbons (Fsp3) is 0.286. The summed E-state index contributed by atoms with van der Waals surface area (Å²) in [7, 11) is 0. The van der Waals surface area contributed by atoms with Crippen LogP contribution < -0.4 is 10.2 Å². The summed E-state index contributed by atoms with van der Waals surface area (Å²) in [6.45, 7) is 5.04. The molecule has 1 atom stereocenters. The third-order valence-electron chi connectivity index (χ3n) is 4.79. The number of imide groups is 1. The first kappa shape index (κ1) is 19.9. The van der Waals surface area contributed by atoms with Gasteiger partial charge in [-0.3, -0.25) is 14.5 Å². The molecule has 0 radical (unpaired) electrons. The predicted molar refractivity (Wildman–Crippen MR) is 108 cm³/mol. The number of nitrogens with zero attached hydrogens (tertiary/aromatic N) is 2. The Morgan fingerprint density at radius 2 is 1.82 bits per heavy atom. The van der Waals surface area contributed by atoms with Crippen LogP contribution in [0.5, 0.6) is 0 Å². The lowest BCUT2D eigenvalue weighted by atomic mass is 9.92. The Bertz CT molecular complexity index is 916. The van der Waals surface area contributed by atoms with Crippen molar-refractivity contribution in [2.45, 2.75) is 32.4 Å². The fourth-order valence-corrected chi connectivity index (χ4v) is 3.56. The minimum atomic E-state index is -1.27. The van der Waals surface area contributed by atoms with Gasteiger partial charge in [-0.2, -0.15) is 0 Å². The summed E-state index contributed by atoms with van der Waals surface area (Å²) in [6, 6.07) is 15.2. The highest BCUT2D eigenvalue weighted by Crippen LogP contribution is 2.30. The number of hydrogen-bond acceptors (Lipinski definition) is 3. The molecule has 2 aromatic rings. The molecule has 0 saturated carbocycles. The number of benzene rings is 2. The SMILES string of the molecule is CC(C)N(C(=O)CN1C(=O)NC(C)(c2cccc(Cl)c2)C1=O)c1ccccc1. The maximum absolute atomic E-state index is 13.0. The van der Waals surface area contributed by atoms with Gasteiger partial charge in [0.2, 0.25) is 5.91 Å². The molecule has 146 valence electrons. The van der Waals surface area contributed by atoms with E-state index in [-0.39, 0.29) is 18.5 Å². The highest BCUT2D eigenvalue weighted by atomic mass is 35.5. The van der Waals surface area contributed by atoms with E-state index in [1.165, 1.54) is 0 Å². The fourth-order valence-electron chi connectivity index (χ4n) is 3.37. The average Bonchev–Trinajstić information content (AvgIpc) is 2.86. The molecule has 0 aromatic heterocycles. The number of anilines is 1. The molecule has 1 aliphatic heterocycles. The van der Waals surface area contributed by atoms with Crippen LogP contribution in [0, 0.1) is 0 Å². The largest absolute Gasteiger partial charge is 0.325 e. The van der Waals surface area contributed by atoms with Crippen LogP contribution in [0.25, 0.3) is 0 Å². The monoisotopic (exact) mass is 399 g/mol. The Kier molecular flexibility index (Phi) is 5.42. The maximum Gasteiger partial charge on any atom is 0.325 e. The predicted octanol–water partition coefficient (Wildman–Crippen LogP) is 3.55. The zero-order valence-electron chi connectivity index (χ0n) is 16.0. The van der Waals surface area contributed by atoms with Gasteiger partial charge < -0.3 is 10.2 Å². The molecule has 1 saturated heterocycles. The number of para-hydroxylation sites is 1. The summed E-state index contributed by atoms with van der Waals surface area (Å²) in [5, 5.41) is 3.16. The molecule has 1 aliphatic rings. The molecule has 0 aliphatic carbocycles. The molecule has 0 spiro atoms. The topological polar surface area (TPSA) is 69.7 Å². The summed E-state index contributed by atoms with van der Waals surface area (Å²) < 4.78 is 0. The zero-order chi connectivity index (χ0) is 20.5. The molecule has 1 heterocycles. The lowest BCUT2D eigenvalue weighted by molar-refractivity contribution is -0.134. The Morgan fingerprint density at radius 1 is 1.14 bits per heavy atom. The van der Waals surface area contributed by atoms with Gasteiger partial charge in [-0.1, -0.05) is 41.9 Å². The molecule has 4 amide bonds. The van der Waals surface area contributed by atoms with E-state index < -0.39 is 17.5 Å². The quantitative estimate of drug-likeness (QED) is 0.781. The Hall–Kier alpha value is -2.86. The van der Waals surface area contributed by atoms with Crippen LogP contribution in [0.3, 0.4) is 0 Å². The van der Waals surface area contributed by atoms with Gasteiger partial charge in [0.15, 0.2) is 0 Å². The molecular formula is C21H22ClN3O3. The summed E-state index contributed by atoms with van der Waals surface area (Å²) in [5.41, 5.74) is 0.0155. The van der Waals surface area contributed by atoms with Crippen LogP contribution in [0.15, 0.2) is 54.6 Å². The van der Waals surface area contributed by atoms with E-state index in [0.29, 0.717) is 16.3 Å². The molecule has 7 heteroatoms. The van der Waals surface area contributed by atoms with Crippen molar-refractivity contribution in [2.75, 3.05) is 11.4 Å². The van der Waals surface area contributed by atoms with Crippen molar-refractivity contribution < 1.29 is 14.4 Å². The molecule has 3 rings (SSSR count). The van der Waals surface area contributed by atoms with Gasteiger partial charge >= 0.3 is 6.03 Å². The minimum Gasteiger partial charge on any atom is -0.319 e. The van der Waals surface area contributed by atoms with Crippen molar-refractivity contribution in [3.8, 4) is 0 Å². The van der Waals surface area contributed by atoms with Gasteiger partial charge in [-0.15, -0.1) is 0 Å². The standard InChI is InChI=1S/C21H22ClN3O3/c1-14(2)25(17-10-5-4-6-11-17)18(26)13-24-19(27)21(3,23-20(24)28)15-8-7-9-16(22)12-15/h4-12,14H,13H2,1-3H3,(H,23,28). The summed E-state index contributed by atoms with van der Waals surface area (Å²) in [6.07, 6.45) is 0. The van der Waals surface area contributed by atoms with Gasteiger partial charge in [0.1, 0.15) is 12.1 Å². The van der Waals surface area contributed by atoms with Crippen molar-refractivity contribution >= 4 is 35.1 Å². The Morgan fingerprint density at radius 3 is 2.43 bits per heavy atom. The molecule has 1 N–H and O–H groups in total. The molecular weight excluding hydrogens is 378 g/mol. The average molecular weight is 400 g/mol. The smallest absolute Gasteiger partial charge is 0.319 e. The van der Waals surface area contributed by atoms with Crippen LogP contribution in [0.1, 0.15) is 26.3 Å². The number of urea groups is 1. The summed E-state index contributed by atoms with van der Waals surface area (Å²) in [4.78, 5) is 41.1. The van der Waals surface area contributed by atoms with Gasteiger partial charge in [-0.05, 0) is 50.6 Å². The van der Waals surface area contributed by atoms with E-state index in [1.54, 1.807) is 36.1 Å². The summed E-state index contributed by atoms with van der Waals surface area (Å²) in [5.74, 6) is -0.815. The number of halogens is 1. The molecule has 2 aromatic carbocycles. The molecule has 1 fully saturated rings. The third kappa shape index (κ3) is 3.60. The number of nitrogens with one attached hydrogen (secondary N) is 1. The minimum absolute atomic E-state index is 0.130. The van der Waals surface area contributed by atoms with E-state index in [2.05, 4.69) is 5.32 Å². The second-order valence-electron chi connectivity index (χ2n) is 7.15. The highest BCUT2D eigenvalue weighted by molar-refractivity contribution is 6.30. The van der Waals surface area contributed by atoms with E-state index in [0.717, 1.165) is 4.90 Å². The molecule has 6 nitrogen and oxygen atoms in total. The van der Waals surface area contributed by atoms with Crippen LogP contribution in [0.4, 0.5) is 10.5 Å². The number of rotatable bonds is 5. The van der Waals surface area contributed by atoms with Crippen LogP contribution >= 0.6 is 11.6 Å². The van der Waals surface area contributed by atoms with Gasteiger partial charge in [0.05, 0.1) is 0 Å². The summed E-state index contributed by atoms with van der Waals surface area (Å²) >= 11 is 6.04. The lowest BCUT2D eigenvalue weighted by Gasteiger charge is -2.28. The molecule has 1 unspecified atom stereocenters.